The minimum Gasteiger partial charge on any atom is -0.349 e. The van der Waals surface area contributed by atoms with Gasteiger partial charge in [-0.2, -0.15) is 0 Å². The average molecular weight is 414 g/mol. The van der Waals surface area contributed by atoms with Gasteiger partial charge in [0, 0.05) is 34.9 Å². The number of anilines is 1. The molecule has 1 heterocycles. The molecule has 1 saturated carbocycles. The molecular weight excluding hydrogens is 394 g/mol. The molecule has 0 atom stereocenters. The molecular formula is C20H20BrN3O2. The summed E-state index contributed by atoms with van der Waals surface area (Å²) in [6, 6.07) is 11.2. The maximum absolute atomic E-state index is 12.5. The lowest BCUT2D eigenvalue weighted by atomic mass is 10.1. The second-order valence-corrected chi connectivity index (χ2v) is 7.04. The third-order valence-corrected chi connectivity index (χ3v) is 4.54. The van der Waals surface area contributed by atoms with Crippen molar-refractivity contribution in [2.24, 2.45) is 0 Å². The number of nitrogens with one attached hydrogen (secondary N) is 1. The zero-order valence-electron chi connectivity index (χ0n) is 14.5. The number of carbonyl (C=O) groups is 2. The summed E-state index contributed by atoms with van der Waals surface area (Å²) in [4.78, 5) is 30.3. The smallest absolute Gasteiger partial charge is 0.252 e. The second-order valence-electron chi connectivity index (χ2n) is 6.12. The van der Waals surface area contributed by atoms with Gasteiger partial charge in [-0.25, -0.2) is 4.98 Å². The van der Waals surface area contributed by atoms with Crippen molar-refractivity contribution in [2.45, 2.75) is 25.8 Å². The predicted octanol–water partition coefficient (Wildman–Crippen LogP) is 3.80. The standard InChI is InChI=1S/C20H20BrN3O2/c1-2-24(18-11-8-16(21)13-22-18)19(25)12-5-14-3-6-15(7-4-14)20(26)23-17-9-10-17/h3-8,11-13,17H,2,9-10H2,1H3,(H,23,26)/b12-5+. The van der Waals surface area contributed by atoms with Gasteiger partial charge < -0.3 is 5.32 Å². The molecule has 1 aromatic heterocycles. The number of hydrogen-bond donors (Lipinski definition) is 1. The van der Waals surface area contributed by atoms with Gasteiger partial charge in [-0.05, 0) is 71.6 Å². The number of aromatic nitrogens is 1. The van der Waals surface area contributed by atoms with Crippen molar-refractivity contribution in [3.05, 3.63) is 64.3 Å². The first-order valence-electron chi connectivity index (χ1n) is 8.59. The first-order valence-corrected chi connectivity index (χ1v) is 9.38. The average Bonchev–Trinajstić information content (AvgIpc) is 3.46. The molecule has 1 N–H and O–H groups in total. The van der Waals surface area contributed by atoms with E-state index in [1.54, 1.807) is 35.4 Å². The van der Waals surface area contributed by atoms with E-state index in [1.165, 1.54) is 6.08 Å². The summed E-state index contributed by atoms with van der Waals surface area (Å²) in [7, 11) is 0. The van der Waals surface area contributed by atoms with Crippen molar-refractivity contribution in [2.75, 3.05) is 11.4 Å². The summed E-state index contributed by atoms with van der Waals surface area (Å²) in [6.45, 7) is 2.43. The lowest BCUT2D eigenvalue weighted by Gasteiger charge is -2.17. The number of halogens is 1. The third kappa shape index (κ3) is 4.79. The number of likely N-dealkylation sites (N-methyl/N-ethyl adjacent to an activating group) is 1. The maximum atomic E-state index is 12.5. The Balaban J connectivity index is 1.64. The van der Waals surface area contributed by atoms with Crippen molar-refractivity contribution in [3.8, 4) is 0 Å². The molecule has 1 fully saturated rings. The normalized spacial score (nSPS) is 13.6. The Bertz CT molecular complexity index is 812. The van der Waals surface area contributed by atoms with Crippen molar-refractivity contribution in [1.82, 2.24) is 10.3 Å². The van der Waals surface area contributed by atoms with Gasteiger partial charge in [0.2, 0.25) is 0 Å². The molecule has 0 aliphatic heterocycles. The monoisotopic (exact) mass is 413 g/mol. The zero-order valence-corrected chi connectivity index (χ0v) is 16.1. The Morgan fingerprint density at radius 2 is 1.96 bits per heavy atom. The summed E-state index contributed by atoms with van der Waals surface area (Å²) < 4.78 is 0.867. The van der Waals surface area contributed by atoms with Crippen LogP contribution in [0.15, 0.2) is 53.1 Å². The second kappa shape index (κ2) is 8.27. The number of carbonyl (C=O) groups excluding carboxylic acids is 2. The van der Waals surface area contributed by atoms with Crippen molar-refractivity contribution in [1.29, 1.82) is 0 Å². The summed E-state index contributed by atoms with van der Waals surface area (Å²) >= 11 is 3.34. The molecule has 0 spiro atoms. The van der Waals surface area contributed by atoms with E-state index < -0.39 is 0 Å². The van der Waals surface area contributed by atoms with Crippen LogP contribution in [-0.2, 0) is 4.79 Å². The van der Waals surface area contributed by atoms with Crippen LogP contribution >= 0.6 is 15.9 Å². The van der Waals surface area contributed by atoms with E-state index in [4.69, 9.17) is 0 Å². The number of pyridine rings is 1. The van der Waals surface area contributed by atoms with Gasteiger partial charge >= 0.3 is 0 Å². The summed E-state index contributed by atoms with van der Waals surface area (Å²) in [6.07, 6.45) is 7.06. The highest BCUT2D eigenvalue weighted by atomic mass is 79.9. The van der Waals surface area contributed by atoms with E-state index in [0.717, 1.165) is 22.9 Å². The van der Waals surface area contributed by atoms with Gasteiger partial charge in [0.15, 0.2) is 0 Å². The van der Waals surface area contributed by atoms with Gasteiger partial charge in [0.1, 0.15) is 5.82 Å². The highest BCUT2D eigenvalue weighted by Crippen LogP contribution is 2.19. The van der Waals surface area contributed by atoms with Crippen LogP contribution in [0, 0.1) is 0 Å². The Kier molecular flexibility index (Phi) is 5.83. The Labute approximate surface area is 161 Å². The molecule has 1 aromatic carbocycles. The first-order chi connectivity index (χ1) is 12.6. The van der Waals surface area contributed by atoms with E-state index in [9.17, 15) is 9.59 Å². The van der Waals surface area contributed by atoms with E-state index >= 15 is 0 Å². The fraction of sp³-hybridized carbons (Fsp3) is 0.250. The Morgan fingerprint density at radius 1 is 1.23 bits per heavy atom. The molecule has 3 rings (SSSR count). The Hall–Kier alpha value is -2.47. The van der Waals surface area contributed by atoms with Crippen LogP contribution in [-0.4, -0.2) is 29.4 Å². The number of nitrogens with zero attached hydrogens (tertiary/aromatic N) is 2. The highest BCUT2D eigenvalue weighted by Gasteiger charge is 2.23. The molecule has 134 valence electrons. The molecule has 0 saturated heterocycles. The quantitative estimate of drug-likeness (QED) is 0.732. The van der Waals surface area contributed by atoms with E-state index in [2.05, 4.69) is 26.2 Å². The fourth-order valence-corrected chi connectivity index (χ4v) is 2.69. The largest absolute Gasteiger partial charge is 0.349 e. The predicted molar refractivity (Wildman–Crippen MR) is 106 cm³/mol. The van der Waals surface area contributed by atoms with Crippen molar-refractivity contribution in [3.63, 3.8) is 0 Å². The zero-order chi connectivity index (χ0) is 18.5. The van der Waals surface area contributed by atoms with Crippen LogP contribution in [0.1, 0.15) is 35.7 Å². The molecule has 0 radical (unpaired) electrons. The number of hydrogen-bond acceptors (Lipinski definition) is 3. The number of amides is 2. The van der Waals surface area contributed by atoms with Crippen LogP contribution < -0.4 is 10.2 Å². The molecule has 1 aliphatic carbocycles. The Morgan fingerprint density at radius 3 is 2.54 bits per heavy atom. The van der Waals surface area contributed by atoms with E-state index in [1.807, 2.05) is 25.1 Å². The van der Waals surface area contributed by atoms with Gasteiger partial charge in [-0.3, -0.25) is 14.5 Å². The number of benzene rings is 1. The summed E-state index contributed by atoms with van der Waals surface area (Å²) in [5, 5.41) is 2.96. The van der Waals surface area contributed by atoms with Crippen molar-refractivity contribution < 1.29 is 9.59 Å². The minimum atomic E-state index is -0.141. The van der Waals surface area contributed by atoms with Crippen LogP contribution in [0.3, 0.4) is 0 Å². The topological polar surface area (TPSA) is 62.3 Å². The molecule has 2 aromatic rings. The molecule has 0 bridgehead atoms. The first kappa shape index (κ1) is 18.3. The molecule has 26 heavy (non-hydrogen) atoms. The van der Waals surface area contributed by atoms with Crippen molar-refractivity contribution >= 4 is 39.6 Å². The third-order valence-electron chi connectivity index (χ3n) is 4.07. The van der Waals surface area contributed by atoms with Crippen LogP contribution in [0.5, 0.6) is 0 Å². The minimum absolute atomic E-state index is 0.0439. The SMILES string of the molecule is CCN(C(=O)/C=C/c1ccc(C(=O)NC2CC2)cc1)c1ccc(Br)cn1. The lowest BCUT2D eigenvalue weighted by molar-refractivity contribution is -0.114. The van der Waals surface area contributed by atoms with Crippen LogP contribution in [0.4, 0.5) is 5.82 Å². The van der Waals surface area contributed by atoms with Gasteiger partial charge in [0.05, 0.1) is 0 Å². The van der Waals surface area contributed by atoms with Crippen LogP contribution in [0.2, 0.25) is 0 Å². The molecule has 6 heteroatoms. The molecule has 2 amide bonds. The summed E-state index contributed by atoms with van der Waals surface area (Å²) in [5.74, 6) is 0.424. The maximum Gasteiger partial charge on any atom is 0.252 e. The lowest BCUT2D eigenvalue weighted by Crippen LogP contribution is -2.29. The van der Waals surface area contributed by atoms with Gasteiger partial charge in [0.25, 0.3) is 11.8 Å². The van der Waals surface area contributed by atoms with E-state index in [0.29, 0.717) is 24.0 Å². The van der Waals surface area contributed by atoms with Crippen LogP contribution in [0.25, 0.3) is 6.08 Å². The van der Waals surface area contributed by atoms with E-state index in [-0.39, 0.29) is 11.8 Å². The molecule has 0 unspecified atom stereocenters. The molecule has 1 aliphatic rings. The fourth-order valence-electron chi connectivity index (χ4n) is 2.46. The van der Waals surface area contributed by atoms with Gasteiger partial charge in [-0.15, -0.1) is 0 Å². The molecule has 5 nitrogen and oxygen atoms in total. The van der Waals surface area contributed by atoms with Gasteiger partial charge in [-0.1, -0.05) is 12.1 Å². The number of rotatable bonds is 6. The highest BCUT2D eigenvalue weighted by molar-refractivity contribution is 9.10. The summed E-state index contributed by atoms with van der Waals surface area (Å²) in [5.41, 5.74) is 1.50.